The molecule has 90 valence electrons. The Morgan fingerprint density at radius 1 is 1.35 bits per heavy atom. The zero-order chi connectivity index (χ0) is 12.0. The average Bonchev–Trinajstić information content (AvgIpc) is 2.82. The number of rotatable bonds is 1. The van der Waals surface area contributed by atoms with Crippen molar-refractivity contribution in [1.82, 2.24) is 9.55 Å². The molecule has 17 heavy (non-hydrogen) atoms. The lowest BCUT2D eigenvalue weighted by atomic mass is 10.0. The predicted molar refractivity (Wildman–Crippen MR) is 76.9 cm³/mol. The molecule has 2 nitrogen and oxygen atoms in total. The molecule has 1 fully saturated rings. The molecule has 0 radical (unpaired) electrons. The number of aromatic amines is 1. The third-order valence-electron chi connectivity index (χ3n) is 3.87. The van der Waals surface area contributed by atoms with Crippen molar-refractivity contribution >= 4 is 39.2 Å². The second-order valence-corrected chi connectivity index (χ2v) is 6.43. The first-order valence-electron chi connectivity index (χ1n) is 6.01. The van der Waals surface area contributed by atoms with E-state index in [2.05, 4.69) is 50.6 Å². The number of hydrogen-bond donors (Lipinski definition) is 1. The number of nitrogens with one attached hydrogen (secondary N) is 1. The zero-order valence-electron chi connectivity index (χ0n) is 9.79. The molecule has 0 atom stereocenters. The van der Waals surface area contributed by atoms with E-state index in [9.17, 15) is 0 Å². The van der Waals surface area contributed by atoms with Gasteiger partial charge in [0.2, 0.25) is 0 Å². The summed E-state index contributed by atoms with van der Waals surface area (Å²) in [6.07, 6.45) is 5.06. The quantitative estimate of drug-likeness (QED) is 0.754. The SMILES string of the molecule is CC1(n2c(=S)[nH]c3ccc(Br)cc32)CCCC1. The van der Waals surface area contributed by atoms with Gasteiger partial charge in [0.15, 0.2) is 4.77 Å². The van der Waals surface area contributed by atoms with Crippen LogP contribution in [0, 0.1) is 4.77 Å². The lowest BCUT2D eigenvalue weighted by Gasteiger charge is -2.26. The van der Waals surface area contributed by atoms with Crippen LogP contribution >= 0.6 is 28.1 Å². The van der Waals surface area contributed by atoms with Crippen LogP contribution in [0.25, 0.3) is 11.0 Å². The van der Waals surface area contributed by atoms with E-state index in [1.54, 1.807) is 0 Å². The molecule has 0 unspecified atom stereocenters. The number of imidazole rings is 1. The maximum atomic E-state index is 5.50. The van der Waals surface area contributed by atoms with E-state index < -0.39 is 0 Å². The van der Waals surface area contributed by atoms with E-state index in [-0.39, 0.29) is 5.54 Å². The standard InChI is InChI=1S/C13H15BrN2S/c1-13(6-2-3-7-13)16-11-8-9(14)4-5-10(11)15-12(16)17/h4-5,8H,2-3,6-7H2,1H3,(H,15,17). The molecule has 1 aliphatic rings. The van der Waals surface area contributed by atoms with E-state index in [1.165, 1.54) is 31.2 Å². The van der Waals surface area contributed by atoms with Crippen LogP contribution in [0.15, 0.2) is 22.7 Å². The molecular weight excluding hydrogens is 296 g/mol. The summed E-state index contributed by atoms with van der Waals surface area (Å²) in [7, 11) is 0. The predicted octanol–water partition coefficient (Wildman–Crippen LogP) is 4.75. The first kappa shape index (κ1) is 11.5. The summed E-state index contributed by atoms with van der Waals surface area (Å²) in [6, 6.07) is 6.30. The number of aromatic nitrogens is 2. The number of hydrogen-bond acceptors (Lipinski definition) is 1. The molecule has 1 heterocycles. The summed E-state index contributed by atoms with van der Waals surface area (Å²) < 4.78 is 4.27. The van der Waals surface area contributed by atoms with E-state index in [4.69, 9.17) is 12.2 Å². The smallest absolute Gasteiger partial charge is 0.178 e. The number of nitrogens with zero attached hydrogens (tertiary/aromatic N) is 1. The van der Waals surface area contributed by atoms with Gasteiger partial charge in [-0.05, 0) is 50.2 Å². The van der Waals surface area contributed by atoms with Crippen LogP contribution in [0.2, 0.25) is 0 Å². The first-order valence-corrected chi connectivity index (χ1v) is 7.21. The summed E-state index contributed by atoms with van der Waals surface area (Å²) in [5.74, 6) is 0. The number of fused-ring (bicyclic) bond motifs is 1. The van der Waals surface area contributed by atoms with Gasteiger partial charge in [-0.25, -0.2) is 0 Å². The summed E-state index contributed by atoms with van der Waals surface area (Å²) in [5.41, 5.74) is 2.54. The maximum absolute atomic E-state index is 5.50. The Kier molecular flexibility index (Phi) is 2.67. The van der Waals surface area contributed by atoms with E-state index in [0.717, 1.165) is 14.8 Å². The van der Waals surface area contributed by atoms with Crippen LogP contribution in [-0.4, -0.2) is 9.55 Å². The van der Waals surface area contributed by atoms with Gasteiger partial charge >= 0.3 is 0 Å². The van der Waals surface area contributed by atoms with Gasteiger partial charge in [0.1, 0.15) is 0 Å². The molecule has 0 bridgehead atoms. The fraction of sp³-hybridized carbons (Fsp3) is 0.462. The topological polar surface area (TPSA) is 20.7 Å². The monoisotopic (exact) mass is 310 g/mol. The Morgan fingerprint density at radius 3 is 2.76 bits per heavy atom. The zero-order valence-corrected chi connectivity index (χ0v) is 12.2. The van der Waals surface area contributed by atoms with Crippen LogP contribution in [0.4, 0.5) is 0 Å². The molecule has 2 aromatic rings. The van der Waals surface area contributed by atoms with Crippen molar-refractivity contribution in [3.8, 4) is 0 Å². The minimum Gasteiger partial charge on any atom is -0.331 e. The Labute approximate surface area is 114 Å². The number of benzene rings is 1. The highest BCUT2D eigenvalue weighted by atomic mass is 79.9. The van der Waals surface area contributed by atoms with Crippen LogP contribution in [0.3, 0.4) is 0 Å². The third kappa shape index (κ3) is 1.78. The molecule has 1 saturated carbocycles. The summed E-state index contributed by atoms with van der Waals surface area (Å²) in [4.78, 5) is 3.31. The van der Waals surface area contributed by atoms with Gasteiger partial charge in [-0.2, -0.15) is 0 Å². The lowest BCUT2D eigenvalue weighted by molar-refractivity contribution is 0.335. The summed E-state index contributed by atoms with van der Waals surface area (Å²) >= 11 is 9.04. The molecule has 0 saturated heterocycles. The summed E-state index contributed by atoms with van der Waals surface area (Å²) in [6.45, 7) is 2.32. The van der Waals surface area contributed by atoms with Gasteiger partial charge in [-0.1, -0.05) is 28.8 Å². The minimum atomic E-state index is 0.191. The molecule has 0 aliphatic heterocycles. The van der Waals surface area contributed by atoms with Crippen molar-refractivity contribution in [3.63, 3.8) is 0 Å². The number of halogens is 1. The van der Waals surface area contributed by atoms with Crippen molar-refractivity contribution < 1.29 is 0 Å². The van der Waals surface area contributed by atoms with Crippen LogP contribution in [0.5, 0.6) is 0 Å². The molecule has 1 aliphatic carbocycles. The van der Waals surface area contributed by atoms with Crippen LogP contribution in [0.1, 0.15) is 32.6 Å². The normalized spacial score (nSPS) is 18.9. The third-order valence-corrected chi connectivity index (χ3v) is 4.64. The van der Waals surface area contributed by atoms with E-state index in [1.807, 2.05) is 0 Å². The minimum absolute atomic E-state index is 0.191. The highest BCUT2D eigenvalue weighted by Crippen LogP contribution is 2.38. The van der Waals surface area contributed by atoms with Crippen LogP contribution < -0.4 is 0 Å². The largest absolute Gasteiger partial charge is 0.331 e. The molecular formula is C13H15BrN2S. The molecule has 0 spiro atoms. The van der Waals surface area contributed by atoms with Crippen LogP contribution in [-0.2, 0) is 5.54 Å². The van der Waals surface area contributed by atoms with Gasteiger partial charge in [-0.3, -0.25) is 0 Å². The van der Waals surface area contributed by atoms with Crippen molar-refractivity contribution in [2.24, 2.45) is 0 Å². The fourth-order valence-electron chi connectivity index (χ4n) is 2.97. The first-order chi connectivity index (χ1) is 8.10. The van der Waals surface area contributed by atoms with Crippen molar-refractivity contribution in [2.75, 3.05) is 0 Å². The molecule has 4 heteroatoms. The van der Waals surface area contributed by atoms with E-state index in [0.29, 0.717) is 0 Å². The Bertz CT molecular complexity index is 620. The van der Waals surface area contributed by atoms with Crippen molar-refractivity contribution in [2.45, 2.75) is 38.1 Å². The van der Waals surface area contributed by atoms with Gasteiger partial charge in [0.05, 0.1) is 11.0 Å². The van der Waals surface area contributed by atoms with Gasteiger partial charge in [0, 0.05) is 10.0 Å². The Balaban J connectivity index is 2.31. The molecule has 1 aromatic heterocycles. The van der Waals surface area contributed by atoms with Crippen molar-refractivity contribution in [3.05, 3.63) is 27.4 Å². The Hall–Kier alpha value is -0.610. The average molecular weight is 311 g/mol. The highest BCUT2D eigenvalue weighted by Gasteiger charge is 2.32. The molecule has 1 aromatic carbocycles. The Morgan fingerprint density at radius 2 is 2.06 bits per heavy atom. The van der Waals surface area contributed by atoms with Crippen molar-refractivity contribution in [1.29, 1.82) is 0 Å². The van der Waals surface area contributed by atoms with Gasteiger partial charge in [0.25, 0.3) is 0 Å². The molecule has 0 amide bonds. The van der Waals surface area contributed by atoms with Gasteiger partial charge in [-0.15, -0.1) is 0 Å². The maximum Gasteiger partial charge on any atom is 0.178 e. The second kappa shape index (κ2) is 3.95. The van der Waals surface area contributed by atoms with Gasteiger partial charge < -0.3 is 9.55 Å². The summed E-state index contributed by atoms with van der Waals surface area (Å²) in [5, 5.41) is 0. The highest BCUT2D eigenvalue weighted by molar-refractivity contribution is 9.10. The van der Waals surface area contributed by atoms with E-state index >= 15 is 0 Å². The molecule has 3 rings (SSSR count). The lowest BCUT2D eigenvalue weighted by Crippen LogP contribution is -2.26. The fourth-order valence-corrected chi connectivity index (χ4v) is 3.75. The molecule has 1 N–H and O–H groups in total. The number of H-pyrrole nitrogens is 1. The second-order valence-electron chi connectivity index (χ2n) is 5.13.